The molecule has 0 radical (unpaired) electrons. The summed E-state index contributed by atoms with van der Waals surface area (Å²) in [6, 6.07) is 13.4. The Hall–Kier alpha value is -3.20. The van der Waals surface area contributed by atoms with E-state index in [0.29, 0.717) is 23.5 Å². The third-order valence-corrected chi connectivity index (χ3v) is 5.03. The molecule has 3 aromatic rings. The van der Waals surface area contributed by atoms with Crippen molar-refractivity contribution in [3.05, 3.63) is 65.0 Å². The van der Waals surface area contributed by atoms with E-state index >= 15 is 0 Å². The Bertz CT molecular complexity index is 1030. The Labute approximate surface area is 151 Å². The van der Waals surface area contributed by atoms with Crippen LogP contribution in [0.4, 0.5) is 5.69 Å². The SMILES string of the molecule is N#Cc1ncccc1N1CCC(Cn2cnc3ccccc3c2=O)CC1. The molecule has 1 fully saturated rings. The van der Waals surface area contributed by atoms with Gasteiger partial charge in [-0.2, -0.15) is 5.26 Å². The van der Waals surface area contributed by atoms with Crippen LogP contribution < -0.4 is 10.5 Å². The summed E-state index contributed by atoms with van der Waals surface area (Å²) >= 11 is 0. The summed E-state index contributed by atoms with van der Waals surface area (Å²) in [6.45, 7) is 2.41. The van der Waals surface area contributed by atoms with Crippen LogP contribution in [0, 0.1) is 17.2 Å². The number of rotatable bonds is 3. The van der Waals surface area contributed by atoms with E-state index in [-0.39, 0.29) is 5.56 Å². The van der Waals surface area contributed by atoms with E-state index in [1.54, 1.807) is 17.1 Å². The fourth-order valence-corrected chi connectivity index (χ4v) is 3.61. The zero-order valence-electron chi connectivity index (χ0n) is 14.4. The second kappa shape index (κ2) is 6.96. The molecular formula is C20H19N5O. The average Bonchev–Trinajstić information content (AvgIpc) is 2.71. The molecule has 4 rings (SSSR count). The summed E-state index contributed by atoms with van der Waals surface area (Å²) < 4.78 is 1.73. The van der Waals surface area contributed by atoms with E-state index < -0.39 is 0 Å². The first-order valence-corrected chi connectivity index (χ1v) is 8.80. The van der Waals surface area contributed by atoms with Crippen molar-refractivity contribution in [3.63, 3.8) is 0 Å². The van der Waals surface area contributed by atoms with Crippen molar-refractivity contribution in [3.8, 4) is 6.07 Å². The third-order valence-electron chi connectivity index (χ3n) is 5.03. The van der Waals surface area contributed by atoms with Crippen LogP contribution in [-0.2, 0) is 6.54 Å². The quantitative estimate of drug-likeness (QED) is 0.729. The molecule has 0 unspecified atom stereocenters. The minimum absolute atomic E-state index is 0.0251. The van der Waals surface area contributed by atoms with Crippen LogP contribution in [0.2, 0.25) is 0 Å². The van der Waals surface area contributed by atoms with Gasteiger partial charge in [-0.25, -0.2) is 9.97 Å². The number of nitrogens with zero attached hydrogens (tertiary/aromatic N) is 5. The van der Waals surface area contributed by atoms with Gasteiger partial charge in [-0.1, -0.05) is 12.1 Å². The maximum atomic E-state index is 12.6. The molecule has 26 heavy (non-hydrogen) atoms. The summed E-state index contributed by atoms with van der Waals surface area (Å²) in [6.07, 6.45) is 5.25. The normalized spacial score (nSPS) is 15.1. The zero-order valence-corrected chi connectivity index (χ0v) is 14.4. The Morgan fingerprint density at radius 2 is 1.92 bits per heavy atom. The Morgan fingerprint density at radius 3 is 2.73 bits per heavy atom. The van der Waals surface area contributed by atoms with Gasteiger partial charge in [-0.05, 0) is 43.0 Å². The number of hydrogen-bond donors (Lipinski definition) is 0. The number of piperidine rings is 1. The highest BCUT2D eigenvalue weighted by Gasteiger charge is 2.22. The smallest absolute Gasteiger partial charge is 0.261 e. The van der Waals surface area contributed by atoms with Gasteiger partial charge in [0.2, 0.25) is 0 Å². The van der Waals surface area contributed by atoms with Gasteiger partial charge in [-0.3, -0.25) is 9.36 Å². The van der Waals surface area contributed by atoms with Gasteiger partial charge in [0.1, 0.15) is 6.07 Å². The van der Waals surface area contributed by atoms with Crippen LogP contribution in [-0.4, -0.2) is 27.6 Å². The number of benzene rings is 1. The summed E-state index contributed by atoms with van der Waals surface area (Å²) in [5, 5.41) is 9.90. The van der Waals surface area contributed by atoms with Crippen LogP contribution >= 0.6 is 0 Å². The number of para-hydroxylation sites is 1. The van der Waals surface area contributed by atoms with Crippen LogP contribution in [0.3, 0.4) is 0 Å². The number of hydrogen-bond acceptors (Lipinski definition) is 5. The van der Waals surface area contributed by atoms with Gasteiger partial charge in [0.25, 0.3) is 5.56 Å². The van der Waals surface area contributed by atoms with E-state index in [1.807, 2.05) is 36.4 Å². The molecule has 0 aliphatic carbocycles. The zero-order chi connectivity index (χ0) is 17.9. The number of anilines is 1. The van der Waals surface area contributed by atoms with Gasteiger partial charge >= 0.3 is 0 Å². The predicted octanol–water partition coefficient (Wildman–Crippen LogP) is 2.58. The van der Waals surface area contributed by atoms with Crippen molar-refractivity contribution in [2.75, 3.05) is 18.0 Å². The second-order valence-corrected chi connectivity index (χ2v) is 6.63. The van der Waals surface area contributed by atoms with E-state index in [2.05, 4.69) is 20.9 Å². The first-order valence-electron chi connectivity index (χ1n) is 8.80. The highest BCUT2D eigenvalue weighted by Crippen LogP contribution is 2.25. The monoisotopic (exact) mass is 345 g/mol. The lowest BCUT2D eigenvalue weighted by Crippen LogP contribution is -2.36. The molecule has 1 aliphatic heterocycles. The molecule has 6 heteroatoms. The molecule has 0 saturated carbocycles. The van der Waals surface area contributed by atoms with E-state index in [1.165, 1.54) is 0 Å². The van der Waals surface area contributed by atoms with Crippen LogP contribution in [0.1, 0.15) is 18.5 Å². The van der Waals surface area contributed by atoms with Gasteiger partial charge < -0.3 is 4.90 Å². The standard InChI is InChI=1S/C20H19N5O/c21-12-18-19(6-3-9-22-18)24-10-7-15(8-11-24)13-25-14-23-17-5-2-1-4-16(17)20(25)26/h1-6,9,14-15H,7-8,10-11,13H2. The molecule has 0 atom stereocenters. The molecule has 2 aromatic heterocycles. The van der Waals surface area contributed by atoms with E-state index in [9.17, 15) is 10.1 Å². The fraction of sp³-hybridized carbons (Fsp3) is 0.300. The minimum Gasteiger partial charge on any atom is -0.369 e. The first-order chi connectivity index (χ1) is 12.8. The van der Waals surface area contributed by atoms with Gasteiger partial charge in [0, 0.05) is 25.8 Å². The predicted molar refractivity (Wildman–Crippen MR) is 99.9 cm³/mol. The summed E-state index contributed by atoms with van der Waals surface area (Å²) in [5.74, 6) is 0.425. The number of aromatic nitrogens is 3. The molecule has 1 aliphatic rings. The molecule has 0 bridgehead atoms. The number of fused-ring (bicyclic) bond motifs is 1. The largest absolute Gasteiger partial charge is 0.369 e. The highest BCUT2D eigenvalue weighted by molar-refractivity contribution is 5.76. The van der Waals surface area contributed by atoms with E-state index in [0.717, 1.165) is 37.1 Å². The molecule has 0 N–H and O–H groups in total. The molecule has 130 valence electrons. The molecule has 1 saturated heterocycles. The lowest BCUT2D eigenvalue weighted by atomic mass is 9.96. The van der Waals surface area contributed by atoms with Crippen LogP contribution in [0.15, 0.2) is 53.7 Å². The molecular weight excluding hydrogens is 326 g/mol. The Kier molecular flexibility index (Phi) is 4.36. The minimum atomic E-state index is 0.0251. The first kappa shape index (κ1) is 16.3. The van der Waals surface area contributed by atoms with Crippen molar-refractivity contribution < 1.29 is 0 Å². The Morgan fingerprint density at radius 1 is 1.12 bits per heavy atom. The van der Waals surface area contributed by atoms with Crippen molar-refractivity contribution >= 4 is 16.6 Å². The number of nitriles is 1. The van der Waals surface area contributed by atoms with Crippen LogP contribution in [0.25, 0.3) is 10.9 Å². The van der Waals surface area contributed by atoms with Crippen molar-refractivity contribution in [2.45, 2.75) is 19.4 Å². The molecule has 6 nitrogen and oxygen atoms in total. The summed E-state index contributed by atoms with van der Waals surface area (Å²) in [7, 11) is 0. The maximum Gasteiger partial charge on any atom is 0.261 e. The Balaban J connectivity index is 1.47. The van der Waals surface area contributed by atoms with Crippen molar-refractivity contribution in [1.29, 1.82) is 5.26 Å². The van der Waals surface area contributed by atoms with Crippen molar-refractivity contribution in [2.24, 2.45) is 5.92 Å². The van der Waals surface area contributed by atoms with Gasteiger partial charge in [0.05, 0.1) is 22.9 Å². The third kappa shape index (κ3) is 3.04. The molecule has 1 aromatic carbocycles. The summed E-state index contributed by atoms with van der Waals surface area (Å²) in [5.41, 5.74) is 2.14. The maximum absolute atomic E-state index is 12.6. The molecule has 3 heterocycles. The lowest BCUT2D eigenvalue weighted by molar-refractivity contribution is 0.352. The van der Waals surface area contributed by atoms with Crippen LogP contribution in [0.5, 0.6) is 0 Å². The van der Waals surface area contributed by atoms with Crippen molar-refractivity contribution in [1.82, 2.24) is 14.5 Å². The molecule has 0 spiro atoms. The fourth-order valence-electron chi connectivity index (χ4n) is 3.61. The highest BCUT2D eigenvalue weighted by atomic mass is 16.1. The van der Waals surface area contributed by atoms with Gasteiger partial charge in [0.15, 0.2) is 5.69 Å². The molecule has 0 amide bonds. The van der Waals surface area contributed by atoms with Gasteiger partial charge in [-0.15, -0.1) is 0 Å². The average molecular weight is 345 g/mol. The van der Waals surface area contributed by atoms with E-state index in [4.69, 9.17) is 0 Å². The topological polar surface area (TPSA) is 74.8 Å². The lowest BCUT2D eigenvalue weighted by Gasteiger charge is -2.33. The number of pyridine rings is 1. The summed E-state index contributed by atoms with van der Waals surface area (Å²) in [4.78, 5) is 23.4. The second-order valence-electron chi connectivity index (χ2n) is 6.63.